The third-order valence-electron chi connectivity index (χ3n) is 4.84. The minimum absolute atomic E-state index is 0.113. The molecule has 5 rings (SSSR count). The van der Waals surface area contributed by atoms with E-state index < -0.39 is 5.69 Å². The van der Waals surface area contributed by atoms with Crippen molar-refractivity contribution < 1.29 is 0 Å². The standard InChI is InChI=1S/C22H13Cl2N5O2S/c23-14-8-6-13(7-9-14)16-11-32-20-18(16)21(30)28(12-25-20)26-10-17-19(24)27-22(31)29(17)15-4-2-1-3-5-15/h1-12H,(H,27,31). The van der Waals surface area contributed by atoms with E-state index in [1.54, 1.807) is 36.4 Å². The highest BCUT2D eigenvalue weighted by atomic mass is 35.5. The van der Waals surface area contributed by atoms with Crippen molar-refractivity contribution in [2.75, 3.05) is 0 Å². The predicted molar refractivity (Wildman–Crippen MR) is 129 cm³/mol. The molecule has 3 heterocycles. The maximum absolute atomic E-state index is 13.2. The summed E-state index contributed by atoms with van der Waals surface area (Å²) in [5.41, 5.74) is 1.80. The molecule has 10 heteroatoms. The van der Waals surface area contributed by atoms with Crippen molar-refractivity contribution >= 4 is 51.0 Å². The quantitative estimate of drug-likeness (QED) is 0.374. The number of H-pyrrole nitrogens is 1. The number of para-hydroxylation sites is 1. The molecule has 0 spiro atoms. The Balaban J connectivity index is 1.61. The summed E-state index contributed by atoms with van der Waals surface area (Å²) >= 11 is 13.6. The summed E-state index contributed by atoms with van der Waals surface area (Å²) in [6, 6.07) is 16.2. The molecule has 0 atom stereocenters. The fraction of sp³-hybridized carbons (Fsp3) is 0. The van der Waals surface area contributed by atoms with Gasteiger partial charge in [0.25, 0.3) is 5.56 Å². The summed E-state index contributed by atoms with van der Waals surface area (Å²) in [7, 11) is 0. The number of hydrogen-bond acceptors (Lipinski definition) is 5. The van der Waals surface area contributed by atoms with Crippen molar-refractivity contribution in [3.63, 3.8) is 0 Å². The van der Waals surface area contributed by atoms with E-state index in [1.165, 1.54) is 28.4 Å². The monoisotopic (exact) mass is 481 g/mol. The molecule has 158 valence electrons. The average Bonchev–Trinajstić information content (AvgIpc) is 3.35. The van der Waals surface area contributed by atoms with Crippen LogP contribution in [0.1, 0.15) is 5.69 Å². The van der Waals surface area contributed by atoms with Gasteiger partial charge in [0, 0.05) is 16.0 Å². The van der Waals surface area contributed by atoms with Gasteiger partial charge in [0.1, 0.15) is 22.0 Å². The van der Waals surface area contributed by atoms with Crippen LogP contribution in [0, 0.1) is 0 Å². The molecule has 0 unspecified atom stereocenters. The normalized spacial score (nSPS) is 11.6. The number of benzene rings is 2. The second-order valence-electron chi connectivity index (χ2n) is 6.78. The fourth-order valence-corrected chi connectivity index (χ4v) is 4.58. The van der Waals surface area contributed by atoms with Crippen LogP contribution < -0.4 is 11.2 Å². The van der Waals surface area contributed by atoms with Crippen LogP contribution >= 0.6 is 34.5 Å². The predicted octanol–water partition coefficient (Wildman–Crippen LogP) is 4.79. The number of imidazole rings is 1. The number of aromatic nitrogens is 4. The number of thiophene rings is 1. The second-order valence-corrected chi connectivity index (χ2v) is 8.45. The molecule has 7 nitrogen and oxygen atoms in total. The summed E-state index contributed by atoms with van der Waals surface area (Å²) < 4.78 is 2.50. The SMILES string of the molecule is O=c1c2c(-c3ccc(Cl)cc3)csc2ncn1N=Cc1c(Cl)[nH]c(=O)n1-c1ccccc1. The molecule has 32 heavy (non-hydrogen) atoms. The van der Waals surface area contributed by atoms with Gasteiger partial charge in [-0.15, -0.1) is 11.3 Å². The molecular formula is C22H13Cl2N5O2S. The molecule has 0 saturated carbocycles. The lowest BCUT2D eigenvalue weighted by Crippen LogP contribution is -2.19. The average molecular weight is 482 g/mol. The highest BCUT2D eigenvalue weighted by Crippen LogP contribution is 2.31. The third kappa shape index (κ3) is 3.58. The Morgan fingerprint density at radius 3 is 2.53 bits per heavy atom. The minimum atomic E-state index is -0.411. The van der Waals surface area contributed by atoms with Gasteiger partial charge >= 0.3 is 5.69 Å². The van der Waals surface area contributed by atoms with E-state index in [2.05, 4.69) is 15.1 Å². The van der Waals surface area contributed by atoms with Crippen LogP contribution in [0.2, 0.25) is 10.2 Å². The Kier molecular flexibility index (Phi) is 5.26. The fourth-order valence-electron chi connectivity index (χ4n) is 3.33. The van der Waals surface area contributed by atoms with E-state index >= 15 is 0 Å². The van der Waals surface area contributed by atoms with Crippen molar-refractivity contribution in [2.24, 2.45) is 5.10 Å². The third-order valence-corrected chi connectivity index (χ3v) is 6.26. The number of halogens is 2. The van der Waals surface area contributed by atoms with Gasteiger partial charge < -0.3 is 0 Å². The minimum Gasteiger partial charge on any atom is -0.296 e. The summed E-state index contributed by atoms with van der Waals surface area (Å²) in [6.07, 6.45) is 2.70. The highest BCUT2D eigenvalue weighted by molar-refractivity contribution is 7.17. The van der Waals surface area contributed by atoms with Crippen LogP contribution in [-0.2, 0) is 0 Å². The largest absolute Gasteiger partial charge is 0.331 e. The maximum Gasteiger partial charge on any atom is 0.331 e. The number of fused-ring (bicyclic) bond motifs is 1. The first-order valence-corrected chi connectivity index (χ1v) is 11.0. The van der Waals surface area contributed by atoms with Crippen molar-refractivity contribution in [1.29, 1.82) is 0 Å². The van der Waals surface area contributed by atoms with Gasteiger partial charge in [0.15, 0.2) is 0 Å². The molecule has 0 amide bonds. The Bertz CT molecular complexity index is 1580. The molecule has 0 saturated heterocycles. The first-order chi connectivity index (χ1) is 15.5. The number of rotatable bonds is 4. The van der Waals surface area contributed by atoms with Crippen molar-refractivity contribution in [1.82, 2.24) is 19.2 Å². The molecule has 1 N–H and O–H groups in total. The summed E-state index contributed by atoms with van der Waals surface area (Å²) in [4.78, 5) is 33.1. The molecular weight excluding hydrogens is 469 g/mol. The van der Waals surface area contributed by atoms with Crippen LogP contribution in [0.25, 0.3) is 27.0 Å². The number of nitrogens with one attached hydrogen (secondary N) is 1. The van der Waals surface area contributed by atoms with Gasteiger partial charge in [-0.3, -0.25) is 14.3 Å². The van der Waals surface area contributed by atoms with Gasteiger partial charge in [-0.1, -0.05) is 53.5 Å². The molecule has 0 aliphatic heterocycles. The smallest absolute Gasteiger partial charge is 0.296 e. The van der Waals surface area contributed by atoms with Gasteiger partial charge in [-0.25, -0.2) is 9.78 Å². The molecule has 0 aliphatic rings. The van der Waals surface area contributed by atoms with E-state index in [-0.39, 0.29) is 10.7 Å². The molecule has 3 aromatic heterocycles. The van der Waals surface area contributed by atoms with E-state index in [0.29, 0.717) is 26.6 Å². The Morgan fingerprint density at radius 1 is 1.03 bits per heavy atom. The van der Waals surface area contributed by atoms with Crippen molar-refractivity contribution in [3.8, 4) is 16.8 Å². The number of nitrogens with zero attached hydrogens (tertiary/aromatic N) is 4. The van der Waals surface area contributed by atoms with Crippen LogP contribution in [0.4, 0.5) is 0 Å². The molecule has 0 bridgehead atoms. The summed E-state index contributed by atoms with van der Waals surface area (Å²) in [6.45, 7) is 0. The van der Waals surface area contributed by atoms with Crippen LogP contribution in [0.15, 0.2) is 81.0 Å². The van der Waals surface area contributed by atoms with Crippen molar-refractivity contribution in [2.45, 2.75) is 0 Å². The zero-order valence-electron chi connectivity index (χ0n) is 16.2. The lowest BCUT2D eigenvalue weighted by atomic mass is 10.1. The van der Waals surface area contributed by atoms with Crippen LogP contribution in [-0.4, -0.2) is 25.4 Å². The van der Waals surface area contributed by atoms with E-state index in [4.69, 9.17) is 23.2 Å². The second kappa shape index (κ2) is 8.23. The molecule has 2 aromatic carbocycles. The van der Waals surface area contributed by atoms with E-state index in [9.17, 15) is 9.59 Å². The van der Waals surface area contributed by atoms with Gasteiger partial charge in [0.2, 0.25) is 0 Å². The van der Waals surface area contributed by atoms with Crippen molar-refractivity contribution in [3.05, 3.63) is 103 Å². The van der Waals surface area contributed by atoms with Crippen LogP contribution in [0.5, 0.6) is 0 Å². The lowest BCUT2D eigenvalue weighted by Gasteiger charge is -2.04. The van der Waals surface area contributed by atoms with Gasteiger partial charge in [0.05, 0.1) is 17.3 Å². The Labute approximate surface area is 194 Å². The van der Waals surface area contributed by atoms with E-state index in [0.717, 1.165) is 15.8 Å². The summed E-state index contributed by atoms with van der Waals surface area (Å²) in [5, 5.41) is 7.31. The molecule has 5 aromatic rings. The lowest BCUT2D eigenvalue weighted by molar-refractivity contribution is 0.817. The van der Waals surface area contributed by atoms with E-state index in [1.807, 2.05) is 23.6 Å². The number of aromatic amines is 1. The molecule has 0 aliphatic carbocycles. The van der Waals surface area contributed by atoms with Crippen LogP contribution in [0.3, 0.4) is 0 Å². The zero-order chi connectivity index (χ0) is 22.2. The van der Waals surface area contributed by atoms with Gasteiger partial charge in [-0.05, 0) is 29.8 Å². The highest BCUT2D eigenvalue weighted by Gasteiger charge is 2.15. The maximum atomic E-state index is 13.2. The van der Waals surface area contributed by atoms with Gasteiger partial charge in [-0.2, -0.15) is 9.78 Å². The topological polar surface area (TPSA) is 85.0 Å². The molecule has 0 radical (unpaired) electrons. The summed E-state index contributed by atoms with van der Waals surface area (Å²) in [5.74, 6) is 0. The zero-order valence-corrected chi connectivity index (χ0v) is 18.5. The number of hydrogen-bond donors (Lipinski definition) is 1. The Morgan fingerprint density at radius 2 is 1.78 bits per heavy atom. The Hall–Kier alpha value is -3.46. The first kappa shape index (κ1) is 20.4. The molecule has 0 fully saturated rings. The first-order valence-electron chi connectivity index (χ1n) is 9.38.